The lowest BCUT2D eigenvalue weighted by Gasteiger charge is -2.35. The van der Waals surface area contributed by atoms with Crippen LogP contribution in [0.1, 0.15) is 26.2 Å². The maximum Gasteiger partial charge on any atom is 0.222 e. The van der Waals surface area contributed by atoms with E-state index in [1.807, 2.05) is 17.9 Å². The van der Waals surface area contributed by atoms with Gasteiger partial charge in [-0.05, 0) is 31.9 Å². The van der Waals surface area contributed by atoms with Crippen molar-refractivity contribution in [2.45, 2.75) is 32.2 Å². The Hall–Kier alpha value is -1.62. The van der Waals surface area contributed by atoms with Gasteiger partial charge in [-0.15, -0.1) is 0 Å². The number of rotatable bonds is 6. The first-order chi connectivity index (χ1) is 10.2. The van der Waals surface area contributed by atoms with Crippen molar-refractivity contribution < 1.29 is 13.9 Å². The van der Waals surface area contributed by atoms with Crippen molar-refractivity contribution >= 4 is 11.6 Å². The van der Waals surface area contributed by atoms with Crippen molar-refractivity contribution in [1.29, 1.82) is 0 Å². The number of halogens is 1. The molecule has 1 saturated heterocycles. The fraction of sp³-hybridized carbons (Fsp3) is 0.562. The predicted octanol–water partition coefficient (Wildman–Crippen LogP) is 2.34. The van der Waals surface area contributed by atoms with Crippen LogP contribution in [0.5, 0.6) is 0 Å². The number of amides is 1. The second kappa shape index (κ2) is 7.98. The number of benzene rings is 1. The highest BCUT2D eigenvalue weighted by atomic mass is 19.1. The summed E-state index contributed by atoms with van der Waals surface area (Å²) in [4.78, 5) is 13.8. The van der Waals surface area contributed by atoms with E-state index in [1.165, 1.54) is 6.07 Å². The Morgan fingerprint density at radius 1 is 1.48 bits per heavy atom. The van der Waals surface area contributed by atoms with Crippen LogP contribution in [0.25, 0.3) is 0 Å². The highest BCUT2D eigenvalue weighted by Gasteiger charge is 2.22. The SMILES string of the molecule is CCOCCC(=O)N[C@H]1CCCN(c2ccccc2F)C1. The van der Waals surface area contributed by atoms with Gasteiger partial charge in [0.1, 0.15) is 5.82 Å². The van der Waals surface area contributed by atoms with Crippen molar-refractivity contribution in [2.24, 2.45) is 0 Å². The number of carbonyl (C=O) groups is 1. The summed E-state index contributed by atoms with van der Waals surface area (Å²) in [7, 11) is 0. The summed E-state index contributed by atoms with van der Waals surface area (Å²) < 4.78 is 19.0. The Morgan fingerprint density at radius 3 is 3.05 bits per heavy atom. The van der Waals surface area contributed by atoms with Crippen LogP contribution in [0.4, 0.5) is 10.1 Å². The number of nitrogens with zero attached hydrogens (tertiary/aromatic N) is 1. The van der Waals surface area contributed by atoms with E-state index in [1.54, 1.807) is 12.1 Å². The van der Waals surface area contributed by atoms with E-state index in [2.05, 4.69) is 5.32 Å². The standard InChI is InChI=1S/C16H23FN2O2/c1-2-21-11-9-16(20)18-13-6-5-10-19(12-13)15-8-4-3-7-14(15)17/h3-4,7-8,13H,2,5-6,9-12H2,1H3,(H,18,20)/t13-/m0/s1. The fourth-order valence-electron chi connectivity index (χ4n) is 2.63. The first-order valence-electron chi connectivity index (χ1n) is 7.57. The number of para-hydroxylation sites is 1. The van der Waals surface area contributed by atoms with Crippen molar-refractivity contribution in [2.75, 3.05) is 31.2 Å². The second-order valence-corrected chi connectivity index (χ2v) is 5.25. The molecule has 1 aromatic rings. The minimum atomic E-state index is -0.208. The van der Waals surface area contributed by atoms with Crippen molar-refractivity contribution in [1.82, 2.24) is 5.32 Å². The molecular formula is C16H23FN2O2. The third kappa shape index (κ3) is 4.70. The summed E-state index contributed by atoms with van der Waals surface area (Å²) in [5.41, 5.74) is 0.616. The van der Waals surface area contributed by atoms with Gasteiger partial charge in [0.25, 0.3) is 0 Å². The van der Waals surface area contributed by atoms with Crippen LogP contribution in [-0.2, 0) is 9.53 Å². The van der Waals surface area contributed by atoms with Crippen LogP contribution in [0.15, 0.2) is 24.3 Å². The third-order valence-electron chi connectivity index (χ3n) is 3.66. The zero-order valence-electron chi connectivity index (χ0n) is 12.5. The summed E-state index contributed by atoms with van der Waals surface area (Å²) in [6.45, 7) is 4.46. The van der Waals surface area contributed by atoms with Gasteiger partial charge >= 0.3 is 0 Å². The van der Waals surface area contributed by atoms with Crippen LogP contribution in [0.3, 0.4) is 0 Å². The van der Waals surface area contributed by atoms with Gasteiger partial charge in [0.2, 0.25) is 5.91 Å². The quantitative estimate of drug-likeness (QED) is 0.819. The van der Waals surface area contributed by atoms with Gasteiger partial charge in [0.05, 0.1) is 12.3 Å². The molecule has 0 spiro atoms. The van der Waals surface area contributed by atoms with Crippen molar-refractivity contribution in [3.05, 3.63) is 30.1 Å². The Labute approximate surface area is 125 Å². The molecule has 21 heavy (non-hydrogen) atoms. The number of carbonyl (C=O) groups excluding carboxylic acids is 1. The van der Waals surface area contributed by atoms with Crippen LogP contribution >= 0.6 is 0 Å². The van der Waals surface area contributed by atoms with E-state index in [4.69, 9.17) is 4.74 Å². The number of anilines is 1. The average Bonchev–Trinajstić information content (AvgIpc) is 2.48. The molecule has 116 valence electrons. The molecule has 1 aliphatic heterocycles. The highest BCUT2D eigenvalue weighted by Crippen LogP contribution is 2.22. The van der Waals surface area contributed by atoms with Gasteiger partial charge in [-0.3, -0.25) is 4.79 Å². The van der Waals surface area contributed by atoms with Crippen molar-refractivity contribution in [3.8, 4) is 0 Å². The van der Waals surface area contributed by atoms with Crippen LogP contribution in [0, 0.1) is 5.82 Å². The van der Waals surface area contributed by atoms with Gasteiger partial charge in [0, 0.05) is 32.2 Å². The number of ether oxygens (including phenoxy) is 1. The molecule has 1 atom stereocenters. The zero-order valence-corrected chi connectivity index (χ0v) is 12.5. The zero-order chi connectivity index (χ0) is 15.1. The molecular weight excluding hydrogens is 271 g/mol. The third-order valence-corrected chi connectivity index (χ3v) is 3.66. The van der Waals surface area contributed by atoms with E-state index in [0.29, 0.717) is 31.9 Å². The maximum absolute atomic E-state index is 13.8. The van der Waals surface area contributed by atoms with E-state index in [-0.39, 0.29) is 17.8 Å². The Morgan fingerprint density at radius 2 is 2.29 bits per heavy atom. The molecule has 0 aliphatic carbocycles. The molecule has 1 aromatic carbocycles. The molecule has 2 rings (SSSR count). The lowest BCUT2D eigenvalue weighted by molar-refractivity contribution is -0.122. The van der Waals surface area contributed by atoms with Crippen molar-refractivity contribution in [3.63, 3.8) is 0 Å². The molecule has 0 radical (unpaired) electrons. The summed E-state index contributed by atoms with van der Waals surface area (Å²) in [6.07, 6.45) is 2.26. The van der Waals surface area contributed by atoms with E-state index >= 15 is 0 Å². The monoisotopic (exact) mass is 294 g/mol. The van der Waals surface area contributed by atoms with E-state index < -0.39 is 0 Å². The van der Waals surface area contributed by atoms with Gasteiger partial charge in [-0.2, -0.15) is 0 Å². The van der Waals surface area contributed by atoms with Gasteiger partial charge < -0.3 is 15.0 Å². The van der Waals surface area contributed by atoms with Gasteiger partial charge in [-0.25, -0.2) is 4.39 Å². The largest absolute Gasteiger partial charge is 0.381 e. The summed E-state index contributed by atoms with van der Waals surface area (Å²) >= 11 is 0. The minimum absolute atomic E-state index is 0.00355. The second-order valence-electron chi connectivity index (χ2n) is 5.25. The molecule has 1 heterocycles. The number of nitrogens with one attached hydrogen (secondary N) is 1. The topological polar surface area (TPSA) is 41.6 Å². The fourth-order valence-corrected chi connectivity index (χ4v) is 2.63. The molecule has 1 N–H and O–H groups in total. The first-order valence-corrected chi connectivity index (χ1v) is 7.57. The summed E-state index contributed by atoms with van der Waals surface area (Å²) in [5.74, 6) is -0.204. The molecule has 0 saturated carbocycles. The van der Waals surface area contributed by atoms with Gasteiger partial charge in [-0.1, -0.05) is 12.1 Å². The summed E-state index contributed by atoms with van der Waals surface area (Å²) in [6, 6.07) is 6.86. The maximum atomic E-state index is 13.8. The van der Waals surface area contributed by atoms with Gasteiger partial charge in [0.15, 0.2) is 0 Å². The number of hydrogen-bond acceptors (Lipinski definition) is 3. The normalized spacial score (nSPS) is 18.6. The van der Waals surface area contributed by atoms with Crippen LogP contribution in [0.2, 0.25) is 0 Å². The molecule has 0 unspecified atom stereocenters. The smallest absolute Gasteiger partial charge is 0.222 e. The first kappa shape index (κ1) is 15.8. The van der Waals surface area contributed by atoms with Crippen LogP contribution in [-0.4, -0.2) is 38.3 Å². The Bertz CT molecular complexity index is 467. The molecule has 1 aliphatic rings. The Kier molecular flexibility index (Phi) is 5.99. The highest BCUT2D eigenvalue weighted by molar-refractivity contribution is 5.76. The molecule has 1 amide bonds. The predicted molar refractivity (Wildman–Crippen MR) is 80.9 cm³/mol. The molecule has 4 nitrogen and oxygen atoms in total. The number of hydrogen-bond donors (Lipinski definition) is 1. The average molecular weight is 294 g/mol. The minimum Gasteiger partial charge on any atom is -0.381 e. The van der Waals surface area contributed by atoms with Crippen LogP contribution < -0.4 is 10.2 Å². The Balaban J connectivity index is 1.86. The lowest BCUT2D eigenvalue weighted by Crippen LogP contribution is -2.48. The lowest BCUT2D eigenvalue weighted by atomic mass is 10.0. The van der Waals surface area contributed by atoms with E-state index in [9.17, 15) is 9.18 Å². The molecule has 5 heteroatoms. The van der Waals surface area contributed by atoms with E-state index in [0.717, 1.165) is 19.4 Å². The summed E-state index contributed by atoms with van der Waals surface area (Å²) in [5, 5.41) is 3.01. The molecule has 0 aromatic heterocycles. The number of piperidine rings is 1. The molecule has 0 bridgehead atoms. The molecule has 1 fully saturated rings.